The van der Waals surface area contributed by atoms with E-state index in [0.29, 0.717) is 22.3 Å². The van der Waals surface area contributed by atoms with Crippen molar-refractivity contribution in [2.75, 3.05) is 12.0 Å². The van der Waals surface area contributed by atoms with Gasteiger partial charge in [0.05, 0.1) is 22.7 Å². The number of ether oxygens (including phenoxy) is 1. The van der Waals surface area contributed by atoms with Crippen LogP contribution in [0.25, 0.3) is 16.2 Å². The highest BCUT2D eigenvalue weighted by Crippen LogP contribution is 2.39. The number of para-hydroxylation sites is 2. The van der Waals surface area contributed by atoms with E-state index in [2.05, 4.69) is 0 Å². The lowest BCUT2D eigenvalue weighted by molar-refractivity contribution is -0.113. The quantitative estimate of drug-likeness (QED) is 0.342. The highest BCUT2D eigenvalue weighted by molar-refractivity contribution is 7.21. The predicted octanol–water partition coefficient (Wildman–Crippen LogP) is 6.40. The Labute approximate surface area is 188 Å². The monoisotopic (exact) mass is 444 g/mol. The smallest absolute Gasteiger partial charge is 0.282 e. The molecule has 0 bridgehead atoms. The Hall–Kier alpha value is -3.41. The van der Waals surface area contributed by atoms with Gasteiger partial charge in [-0.2, -0.15) is 0 Å². The van der Waals surface area contributed by atoms with Crippen molar-refractivity contribution in [2.45, 2.75) is 0 Å². The molecule has 0 fully saturated rings. The zero-order valence-corrected chi connectivity index (χ0v) is 18.2. The van der Waals surface area contributed by atoms with Crippen molar-refractivity contribution in [1.29, 1.82) is 0 Å². The number of rotatable bonds is 4. The van der Waals surface area contributed by atoms with Crippen molar-refractivity contribution in [3.63, 3.8) is 0 Å². The van der Waals surface area contributed by atoms with Crippen LogP contribution in [0.2, 0.25) is 5.02 Å². The third kappa shape index (κ3) is 3.42. The number of thiophene rings is 1. The van der Waals surface area contributed by atoms with Crippen LogP contribution in [-0.4, -0.2) is 18.9 Å². The maximum Gasteiger partial charge on any atom is 0.282 e. The lowest BCUT2D eigenvalue weighted by Crippen LogP contribution is -2.32. The van der Waals surface area contributed by atoms with Gasteiger partial charge in [-0.1, -0.05) is 66.2 Å². The number of methoxy groups -OCH3 is 1. The average molecular weight is 445 g/mol. The number of anilines is 1. The number of hydrogen-bond donors (Lipinski definition) is 0. The second kappa shape index (κ2) is 8.02. The lowest BCUT2D eigenvalue weighted by atomic mass is 10.1. The first-order valence-corrected chi connectivity index (χ1v) is 10.9. The molecule has 31 heavy (non-hydrogen) atoms. The molecule has 0 atom stereocenters. The van der Waals surface area contributed by atoms with Crippen LogP contribution in [0.1, 0.15) is 10.4 Å². The van der Waals surface area contributed by atoms with E-state index in [1.54, 1.807) is 18.1 Å². The number of amidine groups is 1. The average Bonchev–Trinajstić information content (AvgIpc) is 3.31. The van der Waals surface area contributed by atoms with Gasteiger partial charge in [0.25, 0.3) is 5.91 Å². The molecular formula is C25H17ClN2O2S. The maximum absolute atomic E-state index is 13.5. The van der Waals surface area contributed by atoms with Crippen LogP contribution in [0.15, 0.2) is 89.6 Å². The molecule has 2 heterocycles. The van der Waals surface area contributed by atoms with Gasteiger partial charge in [-0.05, 0) is 30.3 Å². The second-order valence-electron chi connectivity index (χ2n) is 6.92. The molecule has 0 N–H and O–H groups in total. The highest BCUT2D eigenvalue weighted by atomic mass is 35.5. The Kier molecular flexibility index (Phi) is 5.06. The van der Waals surface area contributed by atoms with E-state index in [0.717, 1.165) is 26.2 Å². The third-order valence-corrected chi connectivity index (χ3v) is 6.72. The molecule has 3 aromatic carbocycles. The van der Waals surface area contributed by atoms with E-state index in [1.807, 2.05) is 78.9 Å². The summed E-state index contributed by atoms with van der Waals surface area (Å²) in [6, 6.07) is 25.0. The molecule has 4 aromatic rings. The van der Waals surface area contributed by atoms with Crippen LogP contribution in [0, 0.1) is 0 Å². The number of fused-ring (bicyclic) bond motifs is 1. The fourth-order valence-electron chi connectivity index (χ4n) is 3.58. The molecule has 4 nitrogen and oxygen atoms in total. The minimum Gasteiger partial charge on any atom is -0.496 e. The molecule has 6 heteroatoms. The number of hydrogen-bond acceptors (Lipinski definition) is 4. The number of amides is 1. The van der Waals surface area contributed by atoms with E-state index < -0.39 is 0 Å². The van der Waals surface area contributed by atoms with Crippen LogP contribution in [0.3, 0.4) is 0 Å². The minimum absolute atomic E-state index is 0.208. The van der Waals surface area contributed by atoms with Gasteiger partial charge in [-0.3, -0.25) is 9.69 Å². The Bertz CT molecular complexity index is 1360. The predicted molar refractivity (Wildman–Crippen MR) is 128 cm³/mol. The van der Waals surface area contributed by atoms with E-state index in [4.69, 9.17) is 21.3 Å². The molecule has 1 amide bonds. The summed E-state index contributed by atoms with van der Waals surface area (Å²) in [5.41, 5.74) is 1.86. The van der Waals surface area contributed by atoms with Crippen LogP contribution >= 0.6 is 22.9 Å². The van der Waals surface area contributed by atoms with Gasteiger partial charge >= 0.3 is 0 Å². The van der Waals surface area contributed by atoms with Crippen LogP contribution in [0.4, 0.5) is 5.69 Å². The van der Waals surface area contributed by atoms with Crippen LogP contribution < -0.4 is 9.64 Å². The Morgan fingerprint density at radius 3 is 2.45 bits per heavy atom. The first-order valence-electron chi connectivity index (χ1n) is 9.67. The molecule has 5 rings (SSSR count). The summed E-state index contributed by atoms with van der Waals surface area (Å²) in [6.07, 6.45) is 1.76. The molecule has 0 radical (unpaired) electrons. The Balaban J connectivity index is 1.70. The summed E-state index contributed by atoms with van der Waals surface area (Å²) in [5.74, 6) is 1.00. The van der Waals surface area contributed by atoms with E-state index >= 15 is 0 Å². The van der Waals surface area contributed by atoms with Gasteiger partial charge < -0.3 is 4.74 Å². The Morgan fingerprint density at radius 1 is 0.968 bits per heavy atom. The summed E-state index contributed by atoms with van der Waals surface area (Å²) in [4.78, 5) is 20.6. The SMILES string of the molecule is COc1ccccc1/C=C1/N=C(c2sc3ccccc3c2Cl)N(c2ccccc2)C1=O. The zero-order valence-electron chi connectivity index (χ0n) is 16.6. The van der Waals surface area contributed by atoms with Crippen LogP contribution in [-0.2, 0) is 4.79 Å². The third-order valence-electron chi connectivity index (χ3n) is 5.04. The van der Waals surface area contributed by atoms with Gasteiger partial charge in [-0.15, -0.1) is 11.3 Å². The number of aliphatic imine (C=N–C) groups is 1. The summed E-state index contributed by atoms with van der Waals surface area (Å²) in [5, 5.41) is 1.56. The fourth-order valence-corrected chi connectivity index (χ4v) is 5.07. The summed E-state index contributed by atoms with van der Waals surface area (Å²) in [6.45, 7) is 0. The molecule has 1 aliphatic rings. The molecule has 1 aliphatic heterocycles. The first kappa shape index (κ1) is 19.5. The lowest BCUT2D eigenvalue weighted by Gasteiger charge is -2.17. The topological polar surface area (TPSA) is 41.9 Å². The molecule has 1 aromatic heterocycles. The van der Waals surface area contributed by atoms with Crippen molar-refractivity contribution < 1.29 is 9.53 Å². The molecule has 0 aliphatic carbocycles. The summed E-state index contributed by atoms with van der Waals surface area (Å²) >= 11 is 8.27. The summed E-state index contributed by atoms with van der Waals surface area (Å²) < 4.78 is 6.48. The molecule has 152 valence electrons. The van der Waals surface area contributed by atoms with E-state index in [-0.39, 0.29) is 5.91 Å². The molecule has 0 saturated heterocycles. The van der Waals surface area contributed by atoms with Crippen molar-refractivity contribution in [1.82, 2.24) is 0 Å². The molecule has 0 spiro atoms. The number of carbonyl (C=O) groups excluding carboxylic acids is 1. The first-order chi connectivity index (χ1) is 15.2. The number of benzene rings is 3. The Morgan fingerprint density at radius 2 is 1.68 bits per heavy atom. The van der Waals surface area contributed by atoms with Gasteiger partial charge in [0, 0.05) is 15.6 Å². The van der Waals surface area contributed by atoms with Gasteiger partial charge in [0.1, 0.15) is 11.4 Å². The van der Waals surface area contributed by atoms with Gasteiger partial charge in [-0.25, -0.2) is 4.99 Å². The standard InChI is InChI=1S/C25H17ClN2O2S/c1-30-20-13-7-5-9-16(20)15-19-25(29)28(17-10-3-2-4-11-17)24(27-19)23-22(26)18-12-6-8-14-21(18)31-23/h2-15H,1H3/b19-15+. The minimum atomic E-state index is -0.208. The van der Waals surface area contributed by atoms with Gasteiger partial charge in [0.2, 0.25) is 0 Å². The fraction of sp³-hybridized carbons (Fsp3) is 0.0400. The molecule has 0 saturated carbocycles. The zero-order chi connectivity index (χ0) is 21.4. The summed E-state index contributed by atoms with van der Waals surface area (Å²) in [7, 11) is 1.61. The number of nitrogens with zero attached hydrogens (tertiary/aromatic N) is 2. The molecular weight excluding hydrogens is 428 g/mol. The normalized spacial score (nSPS) is 15.0. The number of carbonyl (C=O) groups is 1. The van der Waals surface area contributed by atoms with E-state index in [9.17, 15) is 4.79 Å². The highest BCUT2D eigenvalue weighted by Gasteiger charge is 2.35. The van der Waals surface area contributed by atoms with Crippen LogP contribution in [0.5, 0.6) is 5.75 Å². The van der Waals surface area contributed by atoms with E-state index in [1.165, 1.54) is 11.3 Å². The van der Waals surface area contributed by atoms with Gasteiger partial charge in [0.15, 0.2) is 5.84 Å². The number of halogens is 1. The van der Waals surface area contributed by atoms with Crippen molar-refractivity contribution >= 4 is 56.5 Å². The van der Waals surface area contributed by atoms with Crippen molar-refractivity contribution in [2.24, 2.45) is 4.99 Å². The maximum atomic E-state index is 13.5. The van der Waals surface area contributed by atoms with Crippen molar-refractivity contribution in [3.05, 3.63) is 100 Å². The molecule has 0 unspecified atom stereocenters. The van der Waals surface area contributed by atoms with Crippen molar-refractivity contribution in [3.8, 4) is 5.75 Å². The second-order valence-corrected chi connectivity index (χ2v) is 8.35. The largest absolute Gasteiger partial charge is 0.496 e.